The van der Waals surface area contributed by atoms with E-state index in [-0.39, 0.29) is 43.0 Å². The maximum Gasteiger partial charge on any atom is 0.408 e. The number of nitrogens with zero attached hydrogens (tertiary/aromatic N) is 2. The first-order valence-corrected chi connectivity index (χ1v) is 19.8. The standard InChI is InChI=1S/C23H29N3O5.C22H27N3O6/c1-15-5-11-18(24-14-15)13-19(25-22(29)31-23(2,3)4)20(27)12-8-16-6-9-17(10-7-16)21(28)26-30;1-22(2,3)31-21(29)24-18(12-16-9-10-17(26)13-23-16)19(27)11-6-14-4-7-15(8-5-14)20(28)25-30/h5-7,9-11,14,19,30H,8,12-13H2,1-4H3,(H,25,29)(H,26,28);4-5,7-10,13,18,26,30H,6,11-12H2,1-3H3,(H,24,29)(H,25,28). The van der Waals surface area contributed by atoms with E-state index in [1.165, 1.54) is 12.3 Å². The largest absolute Gasteiger partial charge is 0.506 e. The highest BCUT2D eigenvalue weighted by atomic mass is 16.6. The summed E-state index contributed by atoms with van der Waals surface area (Å²) < 4.78 is 10.6. The second kappa shape index (κ2) is 23.3. The fourth-order valence-corrected chi connectivity index (χ4v) is 5.62. The number of Topliss-reactive ketones (excluding diaryl/α,β-unsaturated/α-hetero) is 2. The Hall–Kier alpha value is -6.72. The Balaban J connectivity index is 0.000000330. The van der Waals surface area contributed by atoms with Gasteiger partial charge in [0.15, 0.2) is 11.6 Å². The van der Waals surface area contributed by atoms with Gasteiger partial charge >= 0.3 is 12.2 Å². The molecule has 17 nitrogen and oxygen atoms in total. The number of ketones is 2. The summed E-state index contributed by atoms with van der Waals surface area (Å²) in [7, 11) is 0. The molecule has 2 aromatic heterocycles. The maximum absolute atomic E-state index is 12.9. The lowest BCUT2D eigenvalue weighted by Gasteiger charge is -2.23. The molecule has 2 unspecified atom stereocenters. The molecular weight excluding hydrogens is 801 g/mol. The van der Waals surface area contributed by atoms with E-state index in [1.54, 1.807) is 113 Å². The van der Waals surface area contributed by atoms with Gasteiger partial charge in [-0.1, -0.05) is 30.3 Å². The molecule has 0 aliphatic rings. The molecular formula is C45H56N6O11. The summed E-state index contributed by atoms with van der Waals surface area (Å²) in [5.41, 5.74) is 6.26. The van der Waals surface area contributed by atoms with Crippen LogP contribution in [0.25, 0.3) is 0 Å². The van der Waals surface area contributed by atoms with Gasteiger partial charge in [0.05, 0.1) is 18.3 Å². The Morgan fingerprint density at radius 1 is 0.581 bits per heavy atom. The summed E-state index contributed by atoms with van der Waals surface area (Å²) in [6.07, 6.45) is 3.21. The Kier molecular flexibility index (Phi) is 18.7. The molecule has 0 aliphatic carbocycles. The summed E-state index contributed by atoms with van der Waals surface area (Å²) >= 11 is 0. The number of hydrogen-bond acceptors (Lipinski definition) is 13. The number of hydroxylamine groups is 2. The lowest BCUT2D eigenvalue weighted by Crippen LogP contribution is -2.45. The van der Waals surface area contributed by atoms with Crippen molar-refractivity contribution in [1.82, 2.24) is 31.6 Å². The third-order valence-corrected chi connectivity index (χ3v) is 8.72. The van der Waals surface area contributed by atoms with E-state index in [9.17, 15) is 33.9 Å². The van der Waals surface area contributed by atoms with E-state index in [0.29, 0.717) is 35.4 Å². The van der Waals surface area contributed by atoms with Gasteiger partial charge in [0.25, 0.3) is 11.8 Å². The number of aryl methyl sites for hydroxylation is 3. The Bertz CT molecular complexity index is 1960. The minimum absolute atomic E-state index is 0.00468. The Morgan fingerprint density at radius 2 is 0.968 bits per heavy atom. The topological polar surface area (TPSA) is 255 Å². The summed E-state index contributed by atoms with van der Waals surface area (Å²) in [5.74, 6) is -1.58. The van der Waals surface area contributed by atoms with Crippen LogP contribution in [0.2, 0.25) is 0 Å². The van der Waals surface area contributed by atoms with Crippen LogP contribution in [-0.2, 0) is 44.7 Å². The number of benzene rings is 2. The number of alkyl carbamates (subject to hydrolysis) is 2. The molecule has 332 valence electrons. The van der Waals surface area contributed by atoms with Crippen LogP contribution in [0.1, 0.15) is 103 Å². The van der Waals surface area contributed by atoms with Crippen LogP contribution < -0.4 is 21.6 Å². The van der Waals surface area contributed by atoms with E-state index in [2.05, 4.69) is 20.6 Å². The molecule has 2 atom stereocenters. The van der Waals surface area contributed by atoms with Crippen LogP contribution in [0.15, 0.2) is 85.2 Å². The predicted octanol–water partition coefficient (Wildman–Crippen LogP) is 5.69. The van der Waals surface area contributed by atoms with Crippen molar-refractivity contribution in [1.29, 1.82) is 0 Å². The number of aromatic nitrogens is 2. The fourth-order valence-electron chi connectivity index (χ4n) is 5.62. The van der Waals surface area contributed by atoms with Crippen LogP contribution in [0.3, 0.4) is 0 Å². The van der Waals surface area contributed by atoms with E-state index >= 15 is 0 Å². The molecule has 0 spiro atoms. The maximum atomic E-state index is 12.9. The highest BCUT2D eigenvalue weighted by Crippen LogP contribution is 2.15. The lowest BCUT2D eigenvalue weighted by molar-refractivity contribution is -0.121. The van der Waals surface area contributed by atoms with Crippen molar-refractivity contribution in [2.24, 2.45) is 0 Å². The summed E-state index contributed by atoms with van der Waals surface area (Å²) in [4.78, 5) is 81.5. The van der Waals surface area contributed by atoms with Gasteiger partial charge in [-0.3, -0.25) is 39.6 Å². The number of aromatic hydroxyl groups is 1. The van der Waals surface area contributed by atoms with Crippen LogP contribution in [0, 0.1) is 6.92 Å². The number of carbonyl (C=O) groups is 6. The van der Waals surface area contributed by atoms with Gasteiger partial charge in [0.1, 0.15) is 17.0 Å². The first-order chi connectivity index (χ1) is 29.1. The average Bonchev–Trinajstić information content (AvgIpc) is 3.21. The van der Waals surface area contributed by atoms with Crippen molar-refractivity contribution < 1.29 is 53.8 Å². The molecule has 0 saturated heterocycles. The zero-order chi connectivity index (χ0) is 46.0. The second-order valence-corrected chi connectivity index (χ2v) is 16.3. The molecule has 0 radical (unpaired) electrons. The van der Waals surface area contributed by atoms with Crippen molar-refractivity contribution in [3.05, 3.63) is 124 Å². The summed E-state index contributed by atoms with van der Waals surface area (Å²) in [5, 5.41) is 32.0. The van der Waals surface area contributed by atoms with Gasteiger partial charge in [0, 0.05) is 54.4 Å². The van der Waals surface area contributed by atoms with Gasteiger partial charge in [-0.15, -0.1) is 0 Å². The Morgan fingerprint density at radius 3 is 1.29 bits per heavy atom. The molecule has 0 saturated carbocycles. The normalized spacial score (nSPS) is 12.0. The molecule has 4 aromatic rings. The molecule has 0 fully saturated rings. The number of carbonyl (C=O) groups excluding carboxylic acids is 6. The van der Waals surface area contributed by atoms with Crippen molar-refractivity contribution in [2.45, 2.75) is 110 Å². The molecule has 17 heteroatoms. The first kappa shape index (κ1) is 49.6. The van der Waals surface area contributed by atoms with E-state index in [0.717, 1.165) is 16.7 Å². The van der Waals surface area contributed by atoms with Crippen LogP contribution >= 0.6 is 0 Å². The molecule has 7 N–H and O–H groups in total. The van der Waals surface area contributed by atoms with Gasteiger partial charge in [-0.2, -0.15) is 0 Å². The van der Waals surface area contributed by atoms with Gasteiger partial charge in [-0.05, 0) is 120 Å². The fraction of sp³-hybridized carbons (Fsp3) is 0.378. The monoisotopic (exact) mass is 856 g/mol. The smallest absolute Gasteiger partial charge is 0.408 e. The number of nitrogens with one attached hydrogen (secondary N) is 4. The third-order valence-electron chi connectivity index (χ3n) is 8.72. The van der Waals surface area contributed by atoms with E-state index in [1.807, 2.05) is 19.1 Å². The number of rotatable bonds is 16. The van der Waals surface area contributed by atoms with E-state index < -0.39 is 47.3 Å². The number of ether oxygens (including phenoxy) is 2. The number of pyridine rings is 2. The molecule has 4 amide bonds. The molecule has 0 aliphatic heterocycles. The minimum atomic E-state index is -0.855. The number of amides is 4. The van der Waals surface area contributed by atoms with Gasteiger partial charge in [-0.25, -0.2) is 20.5 Å². The highest BCUT2D eigenvalue weighted by molar-refractivity contribution is 5.94. The van der Waals surface area contributed by atoms with Gasteiger partial charge in [0.2, 0.25) is 0 Å². The molecule has 2 aromatic carbocycles. The van der Waals surface area contributed by atoms with Crippen LogP contribution in [-0.4, -0.2) is 84.3 Å². The zero-order valence-corrected chi connectivity index (χ0v) is 36.0. The molecule has 0 bridgehead atoms. The highest BCUT2D eigenvalue weighted by Gasteiger charge is 2.26. The van der Waals surface area contributed by atoms with Crippen LogP contribution in [0.5, 0.6) is 5.75 Å². The Labute approximate surface area is 360 Å². The van der Waals surface area contributed by atoms with Crippen LogP contribution in [0.4, 0.5) is 9.59 Å². The zero-order valence-electron chi connectivity index (χ0n) is 36.0. The van der Waals surface area contributed by atoms with Crippen molar-refractivity contribution in [2.75, 3.05) is 0 Å². The molecule has 4 rings (SSSR count). The summed E-state index contributed by atoms with van der Waals surface area (Å²) in [6, 6.07) is 18.2. The first-order valence-electron chi connectivity index (χ1n) is 19.8. The minimum Gasteiger partial charge on any atom is -0.506 e. The second-order valence-electron chi connectivity index (χ2n) is 16.3. The molecule has 62 heavy (non-hydrogen) atoms. The third kappa shape index (κ3) is 18.3. The SMILES string of the molecule is CC(C)(C)OC(=O)NC(Cc1ccc(O)cn1)C(=O)CCc1ccc(C(=O)NO)cc1.Cc1ccc(CC(NC(=O)OC(C)(C)C)C(=O)CCc2ccc(C(=O)NO)cc2)nc1. The van der Waals surface area contributed by atoms with Crippen molar-refractivity contribution >= 4 is 35.6 Å². The van der Waals surface area contributed by atoms with E-state index in [4.69, 9.17) is 19.9 Å². The number of hydrogen-bond donors (Lipinski definition) is 7. The average molecular weight is 857 g/mol. The van der Waals surface area contributed by atoms with Crippen molar-refractivity contribution in [3.8, 4) is 5.75 Å². The lowest BCUT2D eigenvalue weighted by atomic mass is 9.99. The van der Waals surface area contributed by atoms with Crippen molar-refractivity contribution in [3.63, 3.8) is 0 Å². The summed E-state index contributed by atoms with van der Waals surface area (Å²) in [6.45, 7) is 12.4. The predicted molar refractivity (Wildman–Crippen MR) is 227 cm³/mol. The van der Waals surface area contributed by atoms with Gasteiger partial charge < -0.3 is 25.2 Å². The molecule has 2 heterocycles. The quantitative estimate of drug-likeness (QED) is 0.0529.